The van der Waals surface area contributed by atoms with Gasteiger partial charge in [0.15, 0.2) is 0 Å². The first-order chi connectivity index (χ1) is 7.06. The van der Waals surface area contributed by atoms with E-state index in [0.29, 0.717) is 18.5 Å². The molecule has 0 aromatic heterocycles. The highest BCUT2D eigenvalue weighted by Crippen LogP contribution is 2.15. The second-order valence-electron chi connectivity index (χ2n) is 4.78. The van der Waals surface area contributed by atoms with Crippen LogP contribution in [0.4, 0.5) is 0 Å². The number of hydrogen-bond donors (Lipinski definition) is 2. The molecule has 3 N–H and O–H groups in total. The number of carbonyl (C=O) groups is 1. The third-order valence-electron chi connectivity index (χ3n) is 2.86. The summed E-state index contributed by atoms with van der Waals surface area (Å²) in [7, 11) is 0. The average Bonchev–Trinajstić information content (AvgIpc) is 2.17. The number of amides is 1. The minimum atomic E-state index is -0.0267. The Balaban J connectivity index is 2.68. The van der Waals surface area contributed by atoms with Gasteiger partial charge in [-0.25, -0.2) is 0 Å². The molecule has 1 fully saturated rings. The van der Waals surface area contributed by atoms with E-state index in [1.54, 1.807) is 0 Å². The number of carbonyl (C=O) groups excluding carboxylic acids is 1. The van der Waals surface area contributed by atoms with Gasteiger partial charge in [-0.3, -0.25) is 9.69 Å². The van der Waals surface area contributed by atoms with Gasteiger partial charge in [-0.05, 0) is 25.8 Å². The first kappa shape index (κ1) is 12.5. The van der Waals surface area contributed by atoms with Gasteiger partial charge in [0.25, 0.3) is 0 Å². The molecular formula is C11H23N3O. The molecule has 0 spiro atoms. The summed E-state index contributed by atoms with van der Waals surface area (Å²) in [5.74, 6) is 0.720. The first-order valence-corrected chi connectivity index (χ1v) is 5.79. The van der Waals surface area contributed by atoms with Gasteiger partial charge in [0, 0.05) is 19.1 Å². The van der Waals surface area contributed by atoms with Crippen LogP contribution in [0.1, 0.15) is 27.2 Å². The van der Waals surface area contributed by atoms with Crippen LogP contribution >= 0.6 is 0 Å². The summed E-state index contributed by atoms with van der Waals surface area (Å²) in [6, 6.07) is 0.391. The van der Waals surface area contributed by atoms with Crippen LogP contribution < -0.4 is 11.1 Å². The van der Waals surface area contributed by atoms with Gasteiger partial charge in [0.1, 0.15) is 0 Å². The van der Waals surface area contributed by atoms with E-state index in [0.717, 1.165) is 19.5 Å². The summed E-state index contributed by atoms with van der Waals surface area (Å²) >= 11 is 0. The van der Waals surface area contributed by atoms with Crippen LogP contribution in [0.2, 0.25) is 0 Å². The van der Waals surface area contributed by atoms with Gasteiger partial charge in [-0.2, -0.15) is 0 Å². The topological polar surface area (TPSA) is 58.4 Å². The standard InChI is InChI=1S/C11H23N3O/c1-8(2)7-14-9(3)6-13-11(15)10(14)4-5-12/h8-10H,4-7,12H2,1-3H3,(H,13,15). The zero-order valence-electron chi connectivity index (χ0n) is 9.99. The Morgan fingerprint density at radius 1 is 1.60 bits per heavy atom. The third-order valence-corrected chi connectivity index (χ3v) is 2.86. The smallest absolute Gasteiger partial charge is 0.237 e. The number of nitrogens with two attached hydrogens (primary N) is 1. The quantitative estimate of drug-likeness (QED) is 0.700. The Kier molecular flexibility index (Phi) is 4.54. The molecule has 1 saturated heterocycles. The summed E-state index contributed by atoms with van der Waals surface area (Å²) in [5, 5.41) is 2.93. The average molecular weight is 213 g/mol. The Morgan fingerprint density at radius 2 is 2.27 bits per heavy atom. The fraction of sp³-hybridized carbons (Fsp3) is 0.909. The maximum Gasteiger partial charge on any atom is 0.237 e. The van der Waals surface area contributed by atoms with Gasteiger partial charge in [0.2, 0.25) is 5.91 Å². The molecule has 15 heavy (non-hydrogen) atoms. The van der Waals surface area contributed by atoms with Crippen LogP contribution in [0.15, 0.2) is 0 Å². The summed E-state index contributed by atoms with van der Waals surface area (Å²) in [4.78, 5) is 14.0. The van der Waals surface area contributed by atoms with E-state index in [-0.39, 0.29) is 11.9 Å². The Hall–Kier alpha value is -0.610. The lowest BCUT2D eigenvalue weighted by molar-refractivity contribution is -0.131. The van der Waals surface area contributed by atoms with Crippen molar-refractivity contribution < 1.29 is 4.79 Å². The molecule has 0 saturated carbocycles. The fourth-order valence-corrected chi connectivity index (χ4v) is 2.12. The van der Waals surface area contributed by atoms with Crippen LogP contribution in [0.3, 0.4) is 0 Å². The van der Waals surface area contributed by atoms with Crippen LogP contribution in [0, 0.1) is 5.92 Å². The fourth-order valence-electron chi connectivity index (χ4n) is 2.12. The summed E-state index contributed by atoms with van der Waals surface area (Å²) in [6.07, 6.45) is 0.753. The lowest BCUT2D eigenvalue weighted by Gasteiger charge is -2.40. The Labute approximate surface area is 92.2 Å². The maximum atomic E-state index is 11.7. The number of piperazine rings is 1. The Morgan fingerprint density at radius 3 is 2.80 bits per heavy atom. The van der Waals surface area contributed by atoms with Crippen molar-refractivity contribution in [1.29, 1.82) is 0 Å². The van der Waals surface area contributed by atoms with Crippen molar-refractivity contribution in [1.82, 2.24) is 10.2 Å². The number of nitrogens with one attached hydrogen (secondary N) is 1. The summed E-state index contributed by atoms with van der Waals surface area (Å²) in [5.41, 5.74) is 5.55. The first-order valence-electron chi connectivity index (χ1n) is 5.79. The highest BCUT2D eigenvalue weighted by molar-refractivity contribution is 5.82. The van der Waals surface area contributed by atoms with Gasteiger partial charge in [0.05, 0.1) is 6.04 Å². The second kappa shape index (κ2) is 5.47. The molecule has 2 unspecified atom stereocenters. The van der Waals surface area contributed by atoms with Crippen molar-refractivity contribution in [3.8, 4) is 0 Å². The van der Waals surface area contributed by atoms with Gasteiger partial charge < -0.3 is 11.1 Å². The largest absolute Gasteiger partial charge is 0.353 e. The molecule has 1 rings (SSSR count). The molecule has 0 aromatic rings. The zero-order valence-corrected chi connectivity index (χ0v) is 9.99. The molecule has 0 aromatic carbocycles. The highest BCUT2D eigenvalue weighted by atomic mass is 16.2. The van der Waals surface area contributed by atoms with Crippen molar-refractivity contribution in [2.24, 2.45) is 11.7 Å². The lowest BCUT2D eigenvalue weighted by atomic mass is 10.0. The molecule has 0 radical (unpaired) electrons. The van der Waals surface area contributed by atoms with Gasteiger partial charge >= 0.3 is 0 Å². The van der Waals surface area contributed by atoms with Crippen molar-refractivity contribution in [3.05, 3.63) is 0 Å². The van der Waals surface area contributed by atoms with Crippen molar-refractivity contribution in [2.45, 2.75) is 39.3 Å². The van der Waals surface area contributed by atoms with E-state index < -0.39 is 0 Å². The van der Waals surface area contributed by atoms with Gasteiger partial charge in [-0.1, -0.05) is 13.8 Å². The van der Waals surface area contributed by atoms with Crippen molar-refractivity contribution >= 4 is 5.91 Å². The number of rotatable bonds is 4. The maximum absolute atomic E-state index is 11.7. The summed E-state index contributed by atoms with van der Waals surface area (Å²) < 4.78 is 0. The molecule has 4 heteroatoms. The van der Waals surface area contributed by atoms with Crippen molar-refractivity contribution in [3.63, 3.8) is 0 Å². The molecule has 2 atom stereocenters. The predicted octanol–water partition coefficient (Wildman–Crippen LogP) is 0.180. The van der Waals surface area contributed by atoms with E-state index in [4.69, 9.17) is 5.73 Å². The normalized spacial score (nSPS) is 28.2. The SMILES string of the molecule is CC(C)CN1C(C)CNC(=O)C1CCN. The highest BCUT2D eigenvalue weighted by Gasteiger charge is 2.33. The van der Waals surface area contributed by atoms with Crippen LogP contribution in [-0.2, 0) is 4.79 Å². The number of hydrogen-bond acceptors (Lipinski definition) is 3. The molecule has 0 bridgehead atoms. The zero-order chi connectivity index (χ0) is 11.4. The molecule has 88 valence electrons. The molecule has 0 aliphatic carbocycles. The minimum Gasteiger partial charge on any atom is -0.353 e. The number of nitrogens with zero attached hydrogens (tertiary/aromatic N) is 1. The van der Waals surface area contributed by atoms with Gasteiger partial charge in [-0.15, -0.1) is 0 Å². The monoisotopic (exact) mass is 213 g/mol. The minimum absolute atomic E-state index is 0.0267. The molecule has 1 aliphatic heterocycles. The third kappa shape index (κ3) is 3.18. The second-order valence-corrected chi connectivity index (χ2v) is 4.78. The van der Waals surface area contributed by atoms with E-state index in [9.17, 15) is 4.79 Å². The summed E-state index contributed by atoms with van der Waals surface area (Å²) in [6.45, 7) is 8.81. The molecular weight excluding hydrogens is 190 g/mol. The predicted molar refractivity (Wildman–Crippen MR) is 61.5 cm³/mol. The lowest BCUT2D eigenvalue weighted by Crippen LogP contribution is -2.60. The molecule has 1 aliphatic rings. The van der Waals surface area contributed by atoms with E-state index in [2.05, 4.69) is 31.0 Å². The van der Waals surface area contributed by atoms with E-state index in [1.807, 2.05) is 0 Å². The van der Waals surface area contributed by atoms with Crippen LogP contribution in [0.25, 0.3) is 0 Å². The van der Waals surface area contributed by atoms with E-state index in [1.165, 1.54) is 0 Å². The van der Waals surface area contributed by atoms with Crippen LogP contribution in [0.5, 0.6) is 0 Å². The molecule has 1 heterocycles. The van der Waals surface area contributed by atoms with Crippen molar-refractivity contribution in [2.75, 3.05) is 19.6 Å². The molecule has 1 amide bonds. The molecule has 4 nitrogen and oxygen atoms in total. The van der Waals surface area contributed by atoms with Crippen LogP contribution in [-0.4, -0.2) is 42.5 Å². The van der Waals surface area contributed by atoms with E-state index >= 15 is 0 Å². The Bertz CT molecular complexity index is 218.